The van der Waals surface area contributed by atoms with Gasteiger partial charge in [0.05, 0.1) is 25.2 Å². The van der Waals surface area contributed by atoms with Crippen molar-refractivity contribution in [1.82, 2.24) is 5.32 Å². The third kappa shape index (κ3) is 43.9. The van der Waals surface area contributed by atoms with E-state index in [0.29, 0.717) is 19.3 Å². The Hall–Kier alpha value is -2.70. The van der Waals surface area contributed by atoms with Crippen LogP contribution in [0.4, 0.5) is 0 Å². The molecule has 3 N–H and O–H groups in total. The van der Waals surface area contributed by atoms with Gasteiger partial charge in [0.25, 0.3) is 0 Å². The zero-order valence-electron chi connectivity index (χ0n) is 40.7. The quantitative estimate of drug-likeness (QED) is 0.0245. The topological polar surface area (TPSA) is 95.9 Å². The first-order valence-corrected chi connectivity index (χ1v) is 26.2. The molecule has 6 nitrogen and oxygen atoms in total. The van der Waals surface area contributed by atoms with Gasteiger partial charge in [0.15, 0.2) is 0 Å². The molecule has 0 radical (unpaired) electrons. The van der Waals surface area contributed by atoms with E-state index in [2.05, 4.69) is 99.0 Å². The SMILES string of the molecule is CCCCC/C=C\C/C=C\C/C=C\CCCCCCC(=O)OC(CCCCC/C=C/C=C/C=C/CCCCCCC)CC(=O)NC(CO)C(O)CCCCCCCCCCCC. The predicted molar refractivity (Wildman–Crippen MR) is 268 cm³/mol. The van der Waals surface area contributed by atoms with Crippen molar-refractivity contribution in [1.29, 1.82) is 0 Å². The molecular formula is C56H99NO5. The molecule has 1 amide bonds. The van der Waals surface area contributed by atoms with Crippen molar-refractivity contribution >= 4 is 11.9 Å². The maximum Gasteiger partial charge on any atom is 0.306 e. The number of ether oxygens (including phenoxy) is 1. The van der Waals surface area contributed by atoms with Crippen LogP contribution in [-0.2, 0) is 14.3 Å². The van der Waals surface area contributed by atoms with E-state index < -0.39 is 18.2 Å². The van der Waals surface area contributed by atoms with Crippen LogP contribution in [0.5, 0.6) is 0 Å². The van der Waals surface area contributed by atoms with Gasteiger partial charge in [-0.2, -0.15) is 0 Å². The van der Waals surface area contributed by atoms with E-state index in [0.717, 1.165) is 96.3 Å². The molecule has 3 unspecified atom stereocenters. The van der Waals surface area contributed by atoms with Crippen LogP contribution in [0.3, 0.4) is 0 Å². The fourth-order valence-electron chi connectivity index (χ4n) is 7.56. The van der Waals surface area contributed by atoms with Crippen LogP contribution in [0, 0.1) is 0 Å². The van der Waals surface area contributed by atoms with Gasteiger partial charge in [-0.3, -0.25) is 9.59 Å². The number of amides is 1. The number of carbonyl (C=O) groups is 2. The number of esters is 1. The monoisotopic (exact) mass is 866 g/mol. The average molecular weight is 866 g/mol. The first-order chi connectivity index (χ1) is 30.5. The zero-order chi connectivity index (χ0) is 45.2. The van der Waals surface area contributed by atoms with Gasteiger partial charge in [-0.15, -0.1) is 0 Å². The second-order valence-corrected chi connectivity index (χ2v) is 17.6. The highest BCUT2D eigenvalue weighted by atomic mass is 16.5. The Balaban J connectivity index is 4.71. The summed E-state index contributed by atoms with van der Waals surface area (Å²) in [6.45, 7) is 6.41. The number of unbranched alkanes of at least 4 members (excludes halogenated alkanes) is 24. The van der Waals surface area contributed by atoms with Gasteiger partial charge in [-0.05, 0) is 89.9 Å². The summed E-state index contributed by atoms with van der Waals surface area (Å²) in [6.07, 6.45) is 62.4. The Bertz CT molecular complexity index is 1150. The highest BCUT2D eigenvalue weighted by Gasteiger charge is 2.24. The first-order valence-electron chi connectivity index (χ1n) is 26.2. The summed E-state index contributed by atoms with van der Waals surface area (Å²) in [5, 5.41) is 23.7. The maximum absolute atomic E-state index is 13.2. The number of nitrogens with one attached hydrogen (secondary N) is 1. The lowest BCUT2D eigenvalue weighted by molar-refractivity contribution is -0.151. The van der Waals surface area contributed by atoms with Crippen LogP contribution in [0.2, 0.25) is 0 Å². The van der Waals surface area contributed by atoms with E-state index >= 15 is 0 Å². The summed E-state index contributed by atoms with van der Waals surface area (Å²) in [4.78, 5) is 26.1. The Morgan fingerprint density at radius 1 is 0.484 bits per heavy atom. The summed E-state index contributed by atoms with van der Waals surface area (Å²) in [7, 11) is 0. The molecule has 0 spiro atoms. The minimum atomic E-state index is -0.803. The predicted octanol–water partition coefficient (Wildman–Crippen LogP) is 15.8. The van der Waals surface area contributed by atoms with Crippen LogP contribution < -0.4 is 5.32 Å². The number of hydrogen-bond donors (Lipinski definition) is 3. The molecule has 3 atom stereocenters. The minimum absolute atomic E-state index is 0.0431. The van der Waals surface area contributed by atoms with Crippen molar-refractivity contribution in [3.05, 3.63) is 72.9 Å². The van der Waals surface area contributed by atoms with Gasteiger partial charge in [-0.1, -0.05) is 216 Å². The van der Waals surface area contributed by atoms with Gasteiger partial charge < -0.3 is 20.3 Å². The molecule has 0 aromatic rings. The van der Waals surface area contributed by atoms with Crippen molar-refractivity contribution in [2.45, 2.75) is 264 Å². The van der Waals surface area contributed by atoms with Gasteiger partial charge in [0.2, 0.25) is 5.91 Å². The highest BCUT2D eigenvalue weighted by Crippen LogP contribution is 2.17. The minimum Gasteiger partial charge on any atom is -0.462 e. The van der Waals surface area contributed by atoms with E-state index in [1.54, 1.807) is 0 Å². The second-order valence-electron chi connectivity index (χ2n) is 17.6. The van der Waals surface area contributed by atoms with Crippen LogP contribution in [-0.4, -0.2) is 46.9 Å². The van der Waals surface area contributed by atoms with Crippen LogP contribution in [0.1, 0.15) is 245 Å². The van der Waals surface area contributed by atoms with Crippen molar-refractivity contribution in [2.24, 2.45) is 0 Å². The normalized spacial score (nSPS) is 13.8. The number of rotatable bonds is 46. The molecule has 0 saturated carbocycles. The van der Waals surface area contributed by atoms with E-state index in [1.807, 2.05) is 0 Å². The number of aliphatic hydroxyl groups is 2. The molecule has 0 aliphatic rings. The maximum atomic E-state index is 13.2. The molecule has 0 aromatic heterocycles. The summed E-state index contributed by atoms with van der Waals surface area (Å²) in [5.41, 5.74) is 0. The largest absolute Gasteiger partial charge is 0.462 e. The molecule has 358 valence electrons. The second kappa shape index (κ2) is 49.3. The number of aliphatic hydroxyl groups excluding tert-OH is 2. The van der Waals surface area contributed by atoms with Crippen molar-refractivity contribution in [2.75, 3.05) is 6.61 Å². The van der Waals surface area contributed by atoms with E-state index in [1.165, 1.54) is 103 Å². The lowest BCUT2D eigenvalue weighted by Gasteiger charge is -2.24. The Morgan fingerprint density at radius 2 is 0.887 bits per heavy atom. The molecule has 0 fully saturated rings. The highest BCUT2D eigenvalue weighted by molar-refractivity contribution is 5.77. The lowest BCUT2D eigenvalue weighted by Crippen LogP contribution is -2.46. The molecule has 62 heavy (non-hydrogen) atoms. The average Bonchev–Trinajstić information content (AvgIpc) is 3.26. The van der Waals surface area contributed by atoms with Crippen molar-refractivity contribution in [3.63, 3.8) is 0 Å². The van der Waals surface area contributed by atoms with Gasteiger partial charge in [0.1, 0.15) is 6.10 Å². The smallest absolute Gasteiger partial charge is 0.306 e. The molecule has 0 heterocycles. The third-order valence-corrected chi connectivity index (χ3v) is 11.6. The van der Waals surface area contributed by atoms with Crippen molar-refractivity contribution < 1.29 is 24.5 Å². The molecule has 0 aromatic carbocycles. The van der Waals surface area contributed by atoms with Gasteiger partial charge in [0, 0.05) is 6.42 Å². The van der Waals surface area contributed by atoms with E-state index in [9.17, 15) is 19.8 Å². The molecule has 0 aliphatic carbocycles. The Morgan fingerprint density at radius 3 is 1.42 bits per heavy atom. The zero-order valence-corrected chi connectivity index (χ0v) is 40.7. The first kappa shape index (κ1) is 59.3. The van der Waals surface area contributed by atoms with Crippen molar-refractivity contribution in [3.8, 4) is 0 Å². The van der Waals surface area contributed by atoms with Gasteiger partial charge >= 0.3 is 5.97 Å². The molecule has 0 rings (SSSR count). The Labute approximate surface area is 383 Å². The fraction of sp³-hybridized carbons (Fsp3) is 0.750. The number of hydrogen-bond acceptors (Lipinski definition) is 5. The summed E-state index contributed by atoms with van der Waals surface area (Å²) < 4.78 is 5.91. The standard InChI is InChI=1S/C56H99NO5/c1-4-7-10-13-16-19-22-24-26-28-30-32-34-37-40-43-46-49-56(61)62-52(47-44-41-38-35-33-31-29-27-25-23-20-17-14-11-8-5-2)50-55(60)57-53(51-58)54(59)48-45-42-39-36-21-18-15-12-9-6-3/h16,19,23-27,29-33,52-54,58-59H,4-15,17-18,20-22,28,34-51H2,1-3H3,(H,57,60)/b19-16-,25-23+,26-24-,29-27+,32-30-,33-31+. The summed E-state index contributed by atoms with van der Waals surface area (Å²) >= 11 is 0. The van der Waals surface area contributed by atoms with Gasteiger partial charge in [-0.25, -0.2) is 0 Å². The summed E-state index contributed by atoms with van der Waals surface area (Å²) in [5.74, 6) is -0.535. The lowest BCUT2D eigenvalue weighted by atomic mass is 10.0. The Kier molecular flexibility index (Phi) is 47.2. The van der Waals surface area contributed by atoms with Crippen LogP contribution in [0.25, 0.3) is 0 Å². The molecule has 0 saturated heterocycles. The van der Waals surface area contributed by atoms with E-state index in [4.69, 9.17) is 4.74 Å². The summed E-state index contributed by atoms with van der Waals surface area (Å²) in [6, 6.07) is -0.720. The van der Waals surface area contributed by atoms with Crippen LogP contribution in [0.15, 0.2) is 72.9 Å². The molecule has 0 bridgehead atoms. The van der Waals surface area contributed by atoms with Crippen LogP contribution >= 0.6 is 0 Å². The fourth-order valence-corrected chi connectivity index (χ4v) is 7.56. The number of allylic oxidation sites excluding steroid dienone is 12. The molecule has 6 heteroatoms. The molecular weight excluding hydrogens is 767 g/mol. The van der Waals surface area contributed by atoms with E-state index in [-0.39, 0.29) is 24.9 Å². The number of carbonyl (C=O) groups excluding carboxylic acids is 2. The molecule has 0 aliphatic heterocycles. The third-order valence-electron chi connectivity index (χ3n) is 11.6.